The predicted molar refractivity (Wildman–Crippen MR) is 65.7 cm³/mol. The Hall–Kier alpha value is -1.75. The Morgan fingerprint density at radius 2 is 2.17 bits per heavy atom. The average Bonchev–Trinajstić information content (AvgIpc) is 3.10. The SMILES string of the molecule is C1=COC(c2cccc(NCC3CCOC3)n2)O1. The summed E-state index contributed by atoms with van der Waals surface area (Å²) in [5, 5.41) is 3.33. The van der Waals surface area contributed by atoms with Crippen molar-refractivity contribution in [2.45, 2.75) is 12.7 Å². The van der Waals surface area contributed by atoms with Crippen LogP contribution in [-0.4, -0.2) is 24.7 Å². The molecule has 0 bridgehead atoms. The molecule has 0 aliphatic carbocycles. The zero-order chi connectivity index (χ0) is 12.2. The molecule has 1 fully saturated rings. The number of hydrogen-bond donors (Lipinski definition) is 1. The number of nitrogens with zero attached hydrogens (tertiary/aromatic N) is 1. The van der Waals surface area contributed by atoms with Crippen molar-refractivity contribution in [1.29, 1.82) is 0 Å². The first kappa shape index (κ1) is 11.3. The van der Waals surface area contributed by atoms with Crippen molar-refractivity contribution in [1.82, 2.24) is 4.98 Å². The fraction of sp³-hybridized carbons (Fsp3) is 0.462. The second kappa shape index (κ2) is 5.27. The predicted octanol–water partition coefficient (Wildman–Crippen LogP) is 2.05. The van der Waals surface area contributed by atoms with Crippen molar-refractivity contribution in [3.05, 3.63) is 36.4 Å². The van der Waals surface area contributed by atoms with Gasteiger partial charge in [-0.05, 0) is 18.6 Å². The molecule has 3 heterocycles. The molecule has 0 radical (unpaired) electrons. The molecule has 0 spiro atoms. The van der Waals surface area contributed by atoms with Gasteiger partial charge in [0, 0.05) is 19.1 Å². The summed E-state index contributed by atoms with van der Waals surface area (Å²) in [6, 6.07) is 5.78. The molecule has 1 saturated heterocycles. The number of nitrogens with one attached hydrogen (secondary N) is 1. The van der Waals surface area contributed by atoms with E-state index < -0.39 is 6.29 Å². The second-order valence-electron chi connectivity index (χ2n) is 4.43. The van der Waals surface area contributed by atoms with Crippen LogP contribution in [-0.2, 0) is 14.2 Å². The van der Waals surface area contributed by atoms with E-state index in [4.69, 9.17) is 14.2 Å². The molecule has 0 aromatic carbocycles. The van der Waals surface area contributed by atoms with Gasteiger partial charge in [0.2, 0.25) is 0 Å². The van der Waals surface area contributed by atoms with Crippen molar-refractivity contribution < 1.29 is 14.2 Å². The standard InChI is InChI=1S/C13H16N2O3/c1-2-11(13-17-6-7-18-13)15-12(3-1)14-8-10-4-5-16-9-10/h1-3,6-7,10,13H,4-5,8-9H2,(H,14,15). The van der Waals surface area contributed by atoms with E-state index in [0.717, 1.165) is 37.7 Å². The highest BCUT2D eigenvalue weighted by molar-refractivity contribution is 5.35. The number of hydrogen-bond acceptors (Lipinski definition) is 5. The van der Waals surface area contributed by atoms with Gasteiger partial charge in [-0.3, -0.25) is 0 Å². The fourth-order valence-corrected chi connectivity index (χ4v) is 2.05. The Morgan fingerprint density at radius 3 is 2.94 bits per heavy atom. The molecule has 1 atom stereocenters. The quantitative estimate of drug-likeness (QED) is 0.883. The molecule has 0 amide bonds. The summed E-state index contributed by atoms with van der Waals surface area (Å²) in [6.07, 6.45) is 3.76. The zero-order valence-electron chi connectivity index (χ0n) is 10.0. The summed E-state index contributed by atoms with van der Waals surface area (Å²) < 4.78 is 15.9. The van der Waals surface area contributed by atoms with Gasteiger partial charge in [-0.2, -0.15) is 0 Å². The number of pyridine rings is 1. The van der Waals surface area contributed by atoms with Gasteiger partial charge >= 0.3 is 0 Å². The van der Waals surface area contributed by atoms with E-state index in [0.29, 0.717) is 5.92 Å². The van der Waals surface area contributed by atoms with Crippen molar-refractivity contribution in [3.63, 3.8) is 0 Å². The second-order valence-corrected chi connectivity index (χ2v) is 4.43. The fourth-order valence-electron chi connectivity index (χ4n) is 2.05. The van der Waals surface area contributed by atoms with Crippen LogP contribution >= 0.6 is 0 Å². The third kappa shape index (κ3) is 2.56. The van der Waals surface area contributed by atoms with E-state index >= 15 is 0 Å². The normalized spacial score (nSPS) is 22.8. The Labute approximate surface area is 106 Å². The number of rotatable bonds is 4. The van der Waals surface area contributed by atoms with Crippen LogP contribution < -0.4 is 5.32 Å². The van der Waals surface area contributed by atoms with Crippen LogP contribution in [0.1, 0.15) is 18.4 Å². The first-order chi connectivity index (χ1) is 8.92. The lowest BCUT2D eigenvalue weighted by atomic mass is 10.1. The minimum absolute atomic E-state index is 0.415. The maximum Gasteiger partial charge on any atom is 0.283 e. The van der Waals surface area contributed by atoms with E-state index in [1.54, 1.807) is 0 Å². The largest absolute Gasteiger partial charge is 0.454 e. The van der Waals surface area contributed by atoms with Gasteiger partial charge in [-0.15, -0.1) is 0 Å². The molecule has 2 aliphatic heterocycles. The summed E-state index contributed by atoms with van der Waals surface area (Å²) in [5.41, 5.74) is 0.771. The third-order valence-corrected chi connectivity index (χ3v) is 3.07. The van der Waals surface area contributed by atoms with Crippen molar-refractivity contribution in [3.8, 4) is 0 Å². The Bertz CT molecular complexity index is 422. The van der Waals surface area contributed by atoms with Crippen LogP contribution in [0.25, 0.3) is 0 Å². The van der Waals surface area contributed by atoms with E-state index in [2.05, 4.69) is 10.3 Å². The third-order valence-electron chi connectivity index (χ3n) is 3.07. The number of ether oxygens (including phenoxy) is 3. The summed E-state index contributed by atoms with van der Waals surface area (Å²) in [6.45, 7) is 2.60. The van der Waals surface area contributed by atoms with E-state index in [1.165, 1.54) is 12.5 Å². The first-order valence-electron chi connectivity index (χ1n) is 6.16. The lowest BCUT2D eigenvalue weighted by Gasteiger charge is -2.13. The van der Waals surface area contributed by atoms with E-state index in [9.17, 15) is 0 Å². The van der Waals surface area contributed by atoms with Crippen LogP contribution in [0, 0.1) is 5.92 Å². The minimum Gasteiger partial charge on any atom is -0.454 e. The molecule has 1 unspecified atom stereocenters. The topological polar surface area (TPSA) is 52.6 Å². The molecule has 5 nitrogen and oxygen atoms in total. The summed E-state index contributed by atoms with van der Waals surface area (Å²) in [5.74, 6) is 1.43. The van der Waals surface area contributed by atoms with E-state index in [1.807, 2.05) is 18.2 Å². The summed E-state index contributed by atoms with van der Waals surface area (Å²) in [4.78, 5) is 4.47. The van der Waals surface area contributed by atoms with Gasteiger partial charge in [0.25, 0.3) is 6.29 Å². The summed E-state index contributed by atoms with van der Waals surface area (Å²) >= 11 is 0. The lowest BCUT2D eigenvalue weighted by Crippen LogP contribution is -2.15. The number of aromatic nitrogens is 1. The van der Waals surface area contributed by atoms with Gasteiger partial charge in [0.1, 0.15) is 24.0 Å². The molecule has 1 N–H and O–H groups in total. The highest BCUT2D eigenvalue weighted by Gasteiger charge is 2.18. The smallest absolute Gasteiger partial charge is 0.283 e. The minimum atomic E-state index is -0.415. The lowest BCUT2D eigenvalue weighted by molar-refractivity contribution is -0.0278. The molecule has 3 rings (SSSR count). The molecule has 1 aromatic heterocycles. The van der Waals surface area contributed by atoms with Gasteiger partial charge < -0.3 is 19.5 Å². The van der Waals surface area contributed by atoms with Crippen molar-refractivity contribution >= 4 is 5.82 Å². The molecular weight excluding hydrogens is 232 g/mol. The molecule has 1 aromatic rings. The maximum absolute atomic E-state index is 5.34. The molecule has 18 heavy (non-hydrogen) atoms. The van der Waals surface area contributed by atoms with Crippen molar-refractivity contribution in [2.75, 3.05) is 25.1 Å². The highest BCUT2D eigenvalue weighted by Crippen LogP contribution is 2.23. The maximum atomic E-state index is 5.34. The monoisotopic (exact) mass is 248 g/mol. The Kier molecular flexibility index (Phi) is 3.32. The number of anilines is 1. The van der Waals surface area contributed by atoms with Gasteiger partial charge in [0.15, 0.2) is 0 Å². The van der Waals surface area contributed by atoms with Gasteiger partial charge in [-0.25, -0.2) is 4.98 Å². The average molecular weight is 248 g/mol. The van der Waals surface area contributed by atoms with Crippen LogP contribution in [0.3, 0.4) is 0 Å². The van der Waals surface area contributed by atoms with Crippen molar-refractivity contribution in [2.24, 2.45) is 5.92 Å². The van der Waals surface area contributed by atoms with E-state index in [-0.39, 0.29) is 0 Å². The Balaban J connectivity index is 1.59. The zero-order valence-corrected chi connectivity index (χ0v) is 10.0. The molecule has 96 valence electrons. The van der Waals surface area contributed by atoms with Crippen LogP contribution in [0.5, 0.6) is 0 Å². The Morgan fingerprint density at radius 1 is 1.28 bits per heavy atom. The molecule has 5 heteroatoms. The molecule has 2 aliphatic rings. The summed E-state index contributed by atoms with van der Waals surface area (Å²) in [7, 11) is 0. The van der Waals surface area contributed by atoms with Crippen LogP contribution in [0.2, 0.25) is 0 Å². The van der Waals surface area contributed by atoms with Crippen LogP contribution in [0.4, 0.5) is 5.82 Å². The van der Waals surface area contributed by atoms with Gasteiger partial charge in [-0.1, -0.05) is 6.07 Å². The first-order valence-corrected chi connectivity index (χ1v) is 6.16. The highest BCUT2D eigenvalue weighted by atomic mass is 16.7. The van der Waals surface area contributed by atoms with Crippen LogP contribution in [0.15, 0.2) is 30.7 Å². The molecule has 0 saturated carbocycles. The molecular formula is C13H16N2O3. The van der Waals surface area contributed by atoms with Gasteiger partial charge in [0.05, 0.1) is 6.61 Å².